The lowest BCUT2D eigenvalue weighted by Crippen LogP contribution is -2.12. The van der Waals surface area contributed by atoms with Gasteiger partial charge in [-0.2, -0.15) is 0 Å². The Hall–Kier alpha value is -2.67. The van der Waals surface area contributed by atoms with Crippen LogP contribution in [0, 0.1) is 0 Å². The molecule has 6 nitrogen and oxygen atoms in total. The van der Waals surface area contributed by atoms with Gasteiger partial charge in [-0.15, -0.1) is 12.6 Å². The van der Waals surface area contributed by atoms with E-state index in [2.05, 4.69) is 22.9 Å². The summed E-state index contributed by atoms with van der Waals surface area (Å²) >= 11 is 4.49. The number of carboxylic acids is 1. The van der Waals surface area contributed by atoms with Crippen molar-refractivity contribution < 1.29 is 15.0 Å². The monoisotopic (exact) mass is 315 g/mol. The number of aromatic hydroxyl groups is 1. The molecule has 3 rings (SSSR count). The number of para-hydroxylation sites is 2. The number of anilines is 1. The molecule has 0 saturated heterocycles. The first-order valence-electron chi connectivity index (χ1n) is 6.49. The summed E-state index contributed by atoms with van der Waals surface area (Å²) in [6, 6.07) is 11.9. The third-order valence-corrected chi connectivity index (χ3v) is 3.65. The first-order valence-corrected chi connectivity index (χ1v) is 7.00. The van der Waals surface area contributed by atoms with E-state index in [1.54, 1.807) is 12.4 Å². The first-order chi connectivity index (χ1) is 10.6. The first kappa shape index (κ1) is 14.3. The zero-order valence-electron chi connectivity index (χ0n) is 11.3. The number of hydrogen-bond acceptors (Lipinski definition) is 5. The molecule has 2 aromatic carbocycles. The summed E-state index contributed by atoms with van der Waals surface area (Å²) in [7, 11) is 0. The predicted molar refractivity (Wildman–Crippen MR) is 86.4 cm³/mol. The zero-order chi connectivity index (χ0) is 15.7. The van der Waals surface area contributed by atoms with Crippen LogP contribution in [0.1, 0.15) is 15.9 Å². The summed E-state index contributed by atoms with van der Waals surface area (Å²) in [6.07, 6.45) is 1.66. The van der Waals surface area contributed by atoms with Gasteiger partial charge in [-0.25, -0.2) is 9.78 Å². The Morgan fingerprint density at radius 2 is 2.05 bits per heavy atom. The zero-order valence-corrected chi connectivity index (χ0v) is 12.2. The van der Waals surface area contributed by atoms with Crippen molar-refractivity contribution in [3.8, 4) is 5.75 Å². The van der Waals surface area contributed by atoms with E-state index in [9.17, 15) is 9.90 Å². The number of rotatable bonds is 4. The van der Waals surface area contributed by atoms with Crippen LogP contribution in [0.5, 0.6) is 5.75 Å². The van der Waals surface area contributed by atoms with E-state index in [-0.39, 0.29) is 11.3 Å². The number of aromatic nitrogens is 2. The second-order valence-corrected chi connectivity index (χ2v) is 5.18. The Kier molecular flexibility index (Phi) is 3.64. The Labute approximate surface area is 131 Å². The second-order valence-electron chi connectivity index (χ2n) is 4.70. The van der Waals surface area contributed by atoms with Gasteiger partial charge in [0.15, 0.2) is 5.50 Å². The molecule has 0 aliphatic carbocycles. The van der Waals surface area contributed by atoms with Gasteiger partial charge < -0.3 is 20.1 Å². The quantitative estimate of drug-likeness (QED) is 0.338. The molecule has 0 fully saturated rings. The average molecular weight is 315 g/mol. The Morgan fingerprint density at radius 3 is 2.82 bits per heavy atom. The highest BCUT2D eigenvalue weighted by Crippen LogP contribution is 2.26. The topological polar surface area (TPSA) is 87.4 Å². The van der Waals surface area contributed by atoms with E-state index in [1.165, 1.54) is 12.1 Å². The fourth-order valence-corrected chi connectivity index (χ4v) is 2.52. The summed E-state index contributed by atoms with van der Waals surface area (Å²) in [6.45, 7) is 0. The lowest BCUT2D eigenvalue weighted by atomic mass is 10.2. The third-order valence-electron chi connectivity index (χ3n) is 3.27. The number of nitrogens with zero attached hydrogens (tertiary/aromatic N) is 2. The van der Waals surface area contributed by atoms with E-state index in [0.29, 0.717) is 5.69 Å². The molecule has 0 bridgehead atoms. The smallest absolute Gasteiger partial charge is 0.339 e. The average Bonchev–Trinajstić information content (AvgIpc) is 2.93. The maximum absolute atomic E-state index is 11.0. The summed E-state index contributed by atoms with van der Waals surface area (Å²) in [5.41, 5.74) is 1.69. The van der Waals surface area contributed by atoms with Crippen molar-refractivity contribution in [3.05, 3.63) is 54.4 Å². The molecule has 22 heavy (non-hydrogen) atoms. The van der Waals surface area contributed by atoms with Gasteiger partial charge in [0.1, 0.15) is 11.3 Å². The molecular weight excluding hydrogens is 302 g/mol. The summed E-state index contributed by atoms with van der Waals surface area (Å²) in [4.78, 5) is 15.3. The molecule has 112 valence electrons. The maximum atomic E-state index is 11.0. The molecule has 0 radical (unpaired) electrons. The highest BCUT2D eigenvalue weighted by atomic mass is 32.1. The number of hydrogen-bond donors (Lipinski definition) is 4. The fourth-order valence-electron chi connectivity index (χ4n) is 2.19. The number of aromatic carboxylic acids is 1. The van der Waals surface area contributed by atoms with Gasteiger partial charge in [-0.05, 0) is 30.3 Å². The van der Waals surface area contributed by atoms with Crippen molar-refractivity contribution in [3.63, 3.8) is 0 Å². The number of fused-ring (bicyclic) bond motifs is 1. The molecule has 0 aliphatic heterocycles. The molecular formula is C15H13N3O3S. The van der Waals surface area contributed by atoms with Crippen molar-refractivity contribution >= 4 is 35.3 Å². The normalized spacial score (nSPS) is 12.2. The van der Waals surface area contributed by atoms with E-state index in [4.69, 9.17) is 5.11 Å². The summed E-state index contributed by atoms with van der Waals surface area (Å²) in [5, 5.41) is 21.6. The molecule has 0 amide bonds. The van der Waals surface area contributed by atoms with Gasteiger partial charge in [-0.3, -0.25) is 0 Å². The number of carbonyl (C=O) groups is 1. The molecule has 0 saturated carbocycles. The van der Waals surface area contributed by atoms with Crippen LogP contribution in [0.25, 0.3) is 11.0 Å². The molecule has 7 heteroatoms. The van der Waals surface area contributed by atoms with Gasteiger partial charge in [-0.1, -0.05) is 12.1 Å². The SMILES string of the molecule is O=C(O)c1cc(NC(S)n2cnc3ccccc32)ccc1O. The van der Waals surface area contributed by atoms with E-state index >= 15 is 0 Å². The van der Waals surface area contributed by atoms with Crippen LogP contribution < -0.4 is 5.32 Å². The molecule has 3 aromatic rings. The maximum Gasteiger partial charge on any atom is 0.339 e. The van der Waals surface area contributed by atoms with Crippen molar-refractivity contribution in [2.75, 3.05) is 5.32 Å². The van der Waals surface area contributed by atoms with Gasteiger partial charge in [0.25, 0.3) is 0 Å². The van der Waals surface area contributed by atoms with Crippen LogP contribution in [0.15, 0.2) is 48.8 Å². The van der Waals surface area contributed by atoms with Gasteiger partial charge in [0.05, 0.1) is 17.4 Å². The number of carboxylic acid groups (broad SMARTS) is 1. The Balaban J connectivity index is 1.90. The number of nitrogens with one attached hydrogen (secondary N) is 1. The Morgan fingerprint density at radius 1 is 1.27 bits per heavy atom. The molecule has 1 heterocycles. The number of benzene rings is 2. The minimum absolute atomic E-state index is 0.166. The standard InChI is InChI=1S/C15H13N3O3S/c19-13-6-5-9(7-10(13)14(20)21)17-15(22)18-8-16-11-3-1-2-4-12(11)18/h1-8,15,17,19,22H,(H,20,21). The third kappa shape index (κ3) is 2.58. The number of imidazole rings is 1. The highest BCUT2D eigenvalue weighted by Gasteiger charge is 2.13. The molecule has 1 aromatic heterocycles. The highest BCUT2D eigenvalue weighted by molar-refractivity contribution is 7.80. The van der Waals surface area contributed by atoms with Crippen molar-refractivity contribution in [1.29, 1.82) is 0 Å². The van der Waals surface area contributed by atoms with Crippen LogP contribution in [0.4, 0.5) is 5.69 Å². The van der Waals surface area contributed by atoms with E-state index in [0.717, 1.165) is 11.0 Å². The van der Waals surface area contributed by atoms with E-state index < -0.39 is 11.5 Å². The Bertz CT molecular complexity index is 847. The summed E-state index contributed by atoms with van der Waals surface area (Å²) < 4.78 is 1.83. The van der Waals surface area contributed by atoms with Gasteiger partial charge in [0, 0.05) is 5.69 Å². The van der Waals surface area contributed by atoms with Crippen molar-refractivity contribution in [1.82, 2.24) is 9.55 Å². The van der Waals surface area contributed by atoms with Crippen molar-refractivity contribution in [2.24, 2.45) is 0 Å². The second kappa shape index (κ2) is 5.61. The van der Waals surface area contributed by atoms with E-state index in [1.807, 2.05) is 28.8 Å². The molecule has 1 atom stereocenters. The minimum Gasteiger partial charge on any atom is -0.507 e. The fraction of sp³-hybridized carbons (Fsp3) is 0.0667. The van der Waals surface area contributed by atoms with Gasteiger partial charge in [0.2, 0.25) is 0 Å². The lowest BCUT2D eigenvalue weighted by Gasteiger charge is -2.17. The van der Waals surface area contributed by atoms with Crippen LogP contribution in [0.2, 0.25) is 0 Å². The molecule has 3 N–H and O–H groups in total. The molecule has 1 unspecified atom stereocenters. The number of phenols is 1. The molecule has 0 aliphatic rings. The van der Waals surface area contributed by atoms with Gasteiger partial charge >= 0.3 is 5.97 Å². The van der Waals surface area contributed by atoms with Crippen LogP contribution in [-0.2, 0) is 0 Å². The lowest BCUT2D eigenvalue weighted by molar-refractivity contribution is 0.0694. The largest absolute Gasteiger partial charge is 0.507 e. The van der Waals surface area contributed by atoms with Crippen LogP contribution in [0.3, 0.4) is 0 Å². The minimum atomic E-state index is -1.19. The van der Waals surface area contributed by atoms with Crippen molar-refractivity contribution in [2.45, 2.75) is 5.50 Å². The van der Waals surface area contributed by atoms with Crippen LogP contribution >= 0.6 is 12.6 Å². The molecule has 0 spiro atoms. The van der Waals surface area contributed by atoms with Crippen LogP contribution in [-0.4, -0.2) is 25.7 Å². The predicted octanol–water partition coefficient (Wildman–Crippen LogP) is 2.94. The summed E-state index contributed by atoms with van der Waals surface area (Å²) in [5.74, 6) is -1.47. The number of thiol groups is 1.